The first-order valence-electron chi connectivity index (χ1n) is 5.22. The minimum Gasteiger partial charge on any atom is -0.330 e. The van der Waals surface area contributed by atoms with Crippen LogP contribution in [0.25, 0.3) is 11.0 Å². The van der Waals surface area contributed by atoms with Crippen molar-refractivity contribution in [2.24, 2.45) is 5.73 Å². The number of benzene rings is 1. The largest absolute Gasteiger partial charge is 0.409 e. The van der Waals surface area contributed by atoms with Crippen molar-refractivity contribution in [2.45, 2.75) is 18.6 Å². The Bertz CT molecular complexity index is 504. The number of alkyl halides is 3. The average Bonchev–Trinajstić information content (AvgIpc) is 2.68. The Morgan fingerprint density at radius 3 is 2.65 bits per heavy atom. The van der Waals surface area contributed by atoms with Gasteiger partial charge in [-0.15, -0.1) is 0 Å². The fourth-order valence-electron chi connectivity index (χ4n) is 1.84. The summed E-state index contributed by atoms with van der Waals surface area (Å²) < 4.78 is 39.8. The fraction of sp³-hybridized carbons (Fsp3) is 0.364. The Morgan fingerprint density at radius 2 is 2.00 bits per heavy atom. The van der Waals surface area contributed by atoms with Gasteiger partial charge in [0.25, 0.3) is 0 Å². The van der Waals surface area contributed by atoms with E-state index >= 15 is 0 Å². The van der Waals surface area contributed by atoms with E-state index < -0.39 is 12.2 Å². The molecule has 1 atom stereocenters. The van der Waals surface area contributed by atoms with E-state index in [1.807, 2.05) is 0 Å². The van der Waals surface area contributed by atoms with Crippen LogP contribution >= 0.6 is 0 Å². The number of nitrogens with two attached hydrogens (primary N) is 1. The third-order valence-corrected chi connectivity index (χ3v) is 2.63. The molecule has 6 heteroatoms. The van der Waals surface area contributed by atoms with Gasteiger partial charge < -0.3 is 10.3 Å². The lowest BCUT2D eigenvalue weighted by atomic mass is 10.2. The zero-order valence-electron chi connectivity index (χ0n) is 8.98. The molecule has 0 bridgehead atoms. The van der Waals surface area contributed by atoms with Crippen LogP contribution in [-0.2, 0) is 0 Å². The van der Waals surface area contributed by atoms with Gasteiger partial charge in [0.2, 0.25) is 0 Å². The average molecular weight is 243 g/mol. The van der Waals surface area contributed by atoms with E-state index in [4.69, 9.17) is 5.73 Å². The van der Waals surface area contributed by atoms with Crippen LogP contribution in [-0.4, -0.2) is 22.3 Å². The molecule has 0 saturated carbocycles. The fourth-order valence-corrected chi connectivity index (χ4v) is 1.84. The third kappa shape index (κ3) is 2.26. The van der Waals surface area contributed by atoms with E-state index in [2.05, 4.69) is 4.98 Å². The molecule has 1 unspecified atom stereocenters. The normalized spacial score (nSPS) is 14.1. The summed E-state index contributed by atoms with van der Waals surface area (Å²) in [6.45, 7) is -0.0172. The number of hydrogen-bond donors (Lipinski definition) is 1. The predicted molar refractivity (Wildman–Crippen MR) is 58.5 cm³/mol. The molecule has 3 nitrogen and oxygen atoms in total. The van der Waals surface area contributed by atoms with E-state index in [1.54, 1.807) is 24.3 Å². The van der Waals surface area contributed by atoms with E-state index in [1.165, 1.54) is 6.33 Å². The Morgan fingerprint density at radius 1 is 1.29 bits per heavy atom. The summed E-state index contributed by atoms with van der Waals surface area (Å²) in [5.41, 5.74) is 6.27. The lowest BCUT2D eigenvalue weighted by molar-refractivity contribution is -0.168. The van der Waals surface area contributed by atoms with Crippen molar-refractivity contribution in [3.63, 3.8) is 0 Å². The second-order valence-electron chi connectivity index (χ2n) is 3.78. The van der Waals surface area contributed by atoms with E-state index in [0.29, 0.717) is 11.0 Å². The molecule has 1 aromatic heterocycles. The van der Waals surface area contributed by atoms with Gasteiger partial charge in [-0.3, -0.25) is 0 Å². The number of para-hydroxylation sites is 2. The number of fused-ring (bicyclic) bond motifs is 1. The van der Waals surface area contributed by atoms with E-state index in [9.17, 15) is 13.2 Å². The molecule has 17 heavy (non-hydrogen) atoms. The monoisotopic (exact) mass is 243 g/mol. The van der Waals surface area contributed by atoms with Gasteiger partial charge in [0.15, 0.2) is 0 Å². The Labute approximate surface area is 96.0 Å². The van der Waals surface area contributed by atoms with Gasteiger partial charge in [-0.05, 0) is 25.1 Å². The van der Waals surface area contributed by atoms with Gasteiger partial charge in [-0.1, -0.05) is 12.1 Å². The number of aromatic nitrogens is 2. The molecular weight excluding hydrogens is 231 g/mol. The summed E-state index contributed by atoms with van der Waals surface area (Å²) in [4.78, 5) is 3.96. The third-order valence-electron chi connectivity index (χ3n) is 2.63. The molecule has 0 spiro atoms. The first-order valence-corrected chi connectivity index (χ1v) is 5.22. The number of hydrogen-bond acceptors (Lipinski definition) is 2. The molecule has 0 aliphatic rings. The van der Waals surface area contributed by atoms with Crippen molar-refractivity contribution < 1.29 is 13.2 Å². The highest BCUT2D eigenvalue weighted by Crippen LogP contribution is 2.34. The van der Waals surface area contributed by atoms with Gasteiger partial charge in [0.1, 0.15) is 6.04 Å². The molecule has 0 saturated heterocycles. The smallest absolute Gasteiger partial charge is 0.330 e. The molecule has 0 amide bonds. The summed E-state index contributed by atoms with van der Waals surface area (Å²) in [5, 5.41) is 0. The molecule has 1 aromatic carbocycles. The lowest BCUT2D eigenvalue weighted by Gasteiger charge is -2.21. The second-order valence-corrected chi connectivity index (χ2v) is 3.78. The van der Waals surface area contributed by atoms with E-state index in [-0.39, 0.29) is 13.0 Å². The van der Waals surface area contributed by atoms with Crippen LogP contribution in [0.4, 0.5) is 13.2 Å². The standard InChI is InChI=1S/C11H12F3N3/c12-11(13,14)10(5-6-15)17-7-16-8-3-1-2-4-9(8)17/h1-4,7,10H,5-6,15H2. The first kappa shape index (κ1) is 11.9. The highest BCUT2D eigenvalue weighted by molar-refractivity contribution is 5.75. The van der Waals surface area contributed by atoms with Crippen LogP contribution in [0.2, 0.25) is 0 Å². The van der Waals surface area contributed by atoms with Crippen molar-refractivity contribution in [2.75, 3.05) is 6.54 Å². The van der Waals surface area contributed by atoms with Crippen molar-refractivity contribution >= 4 is 11.0 Å². The molecule has 0 radical (unpaired) electrons. The Hall–Kier alpha value is -1.56. The van der Waals surface area contributed by atoms with Gasteiger partial charge in [-0.2, -0.15) is 13.2 Å². The highest BCUT2D eigenvalue weighted by atomic mass is 19.4. The van der Waals surface area contributed by atoms with E-state index in [0.717, 1.165) is 4.57 Å². The minimum absolute atomic E-state index is 0.0172. The SMILES string of the molecule is NCCC(n1cnc2ccccc21)C(F)(F)F. The van der Waals surface area contributed by atoms with Crippen molar-refractivity contribution in [1.29, 1.82) is 0 Å². The van der Waals surface area contributed by atoms with Gasteiger partial charge >= 0.3 is 6.18 Å². The predicted octanol–water partition coefficient (Wildman–Crippen LogP) is 2.49. The minimum atomic E-state index is -4.32. The van der Waals surface area contributed by atoms with Crippen molar-refractivity contribution in [1.82, 2.24) is 9.55 Å². The molecule has 0 aliphatic heterocycles. The molecule has 2 rings (SSSR count). The van der Waals surface area contributed by atoms with Crippen LogP contribution in [0.15, 0.2) is 30.6 Å². The number of nitrogens with zero attached hydrogens (tertiary/aromatic N) is 2. The zero-order chi connectivity index (χ0) is 12.5. The molecule has 2 aromatic rings. The maximum absolute atomic E-state index is 12.9. The maximum atomic E-state index is 12.9. The maximum Gasteiger partial charge on any atom is 0.409 e. The number of halogens is 3. The van der Waals surface area contributed by atoms with Crippen LogP contribution in [0.1, 0.15) is 12.5 Å². The second kappa shape index (κ2) is 4.37. The van der Waals surface area contributed by atoms with Crippen LogP contribution in [0.3, 0.4) is 0 Å². The zero-order valence-corrected chi connectivity index (χ0v) is 8.98. The molecule has 0 fully saturated rings. The molecular formula is C11H12F3N3. The Kier molecular flexibility index (Phi) is 3.06. The van der Waals surface area contributed by atoms with Gasteiger partial charge in [0.05, 0.1) is 17.4 Å². The quantitative estimate of drug-likeness (QED) is 0.900. The summed E-state index contributed by atoms with van der Waals surface area (Å²) >= 11 is 0. The summed E-state index contributed by atoms with van der Waals surface area (Å²) in [5.74, 6) is 0. The Balaban J connectivity index is 2.49. The van der Waals surface area contributed by atoms with Crippen molar-refractivity contribution in [3.8, 4) is 0 Å². The van der Waals surface area contributed by atoms with Gasteiger partial charge in [0, 0.05) is 0 Å². The van der Waals surface area contributed by atoms with Crippen LogP contribution in [0.5, 0.6) is 0 Å². The summed E-state index contributed by atoms with van der Waals surface area (Å²) in [6.07, 6.45) is -3.24. The number of rotatable bonds is 3. The molecule has 92 valence electrons. The summed E-state index contributed by atoms with van der Waals surface area (Å²) in [6, 6.07) is 5.13. The highest BCUT2D eigenvalue weighted by Gasteiger charge is 2.40. The van der Waals surface area contributed by atoms with Crippen molar-refractivity contribution in [3.05, 3.63) is 30.6 Å². The molecule has 0 aliphatic carbocycles. The topological polar surface area (TPSA) is 43.8 Å². The number of imidazole rings is 1. The van der Waals surface area contributed by atoms with Crippen LogP contribution < -0.4 is 5.73 Å². The molecule has 1 heterocycles. The summed E-state index contributed by atoms with van der Waals surface area (Å²) in [7, 11) is 0. The molecule has 2 N–H and O–H groups in total. The lowest BCUT2D eigenvalue weighted by Crippen LogP contribution is -2.28. The van der Waals surface area contributed by atoms with Gasteiger partial charge in [-0.25, -0.2) is 4.98 Å². The van der Waals surface area contributed by atoms with Crippen LogP contribution in [0, 0.1) is 0 Å². The first-order chi connectivity index (χ1) is 8.04.